The Labute approximate surface area is 243 Å². The van der Waals surface area contributed by atoms with Gasteiger partial charge in [0.15, 0.2) is 11.6 Å². The van der Waals surface area contributed by atoms with Gasteiger partial charge in [-0.25, -0.2) is 0 Å². The van der Waals surface area contributed by atoms with Gasteiger partial charge in [0, 0.05) is 10.8 Å². The number of carboxylic acids is 1. The Balaban J connectivity index is 2.53. The van der Waals surface area contributed by atoms with Crippen LogP contribution in [-0.2, 0) is 14.4 Å². The number of Topliss-reactive ketones (excluding diaryl/α,β-unsaturated/α-hetero) is 1. The summed E-state index contributed by atoms with van der Waals surface area (Å²) in [6, 6.07) is 2.15. The molecule has 1 fully saturated rings. The van der Waals surface area contributed by atoms with Crippen molar-refractivity contribution in [3.63, 3.8) is 0 Å². The van der Waals surface area contributed by atoms with Crippen LogP contribution in [0.15, 0.2) is 23.3 Å². The van der Waals surface area contributed by atoms with E-state index in [1.165, 1.54) is 0 Å². The highest BCUT2D eigenvalue weighted by molar-refractivity contribution is 6.04. The van der Waals surface area contributed by atoms with Crippen LogP contribution < -0.4 is 0 Å². The lowest BCUT2D eigenvalue weighted by atomic mass is 9.42. The summed E-state index contributed by atoms with van der Waals surface area (Å²) in [5, 5.41) is 19.7. The Bertz CT molecular complexity index is 1120. The largest absolute Gasteiger partial charge is 0.481 e. The fraction of sp³-hybridized carbons (Fsp3) is 0.771. The second-order valence-electron chi connectivity index (χ2n) is 15.8. The summed E-state index contributed by atoms with van der Waals surface area (Å²) < 4.78 is 0. The molecule has 1 saturated carbocycles. The number of hydrogen-bond acceptors (Lipinski definition) is 4. The van der Waals surface area contributed by atoms with Crippen LogP contribution in [0.5, 0.6) is 0 Å². The van der Waals surface area contributed by atoms with Gasteiger partial charge in [0.2, 0.25) is 0 Å². The van der Waals surface area contributed by atoms with E-state index >= 15 is 0 Å². The van der Waals surface area contributed by atoms with E-state index in [-0.39, 0.29) is 51.1 Å². The van der Waals surface area contributed by atoms with Gasteiger partial charge in [0.1, 0.15) is 6.07 Å². The maximum absolute atomic E-state index is 13.2. The number of allylic oxidation sites excluding steroid dienone is 4. The Morgan fingerprint density at radius 2 is 1.62 bits per heavy atom. The third kappa shape index (κ3) is 6.63. The van der Waals surface area contributed by atoms with Gasteiger partial charge in [-0.2, -0.15) is 5.26 Å². The first-order valence-corrected chi connectivity index (χ1v) is 15.2. The highest BCUT2D eigenvalue weighted by atomic mass is 16.4. The van der Waals surface area contributed by atoms with Gasteiger partial charge in [-0.05, 0) is 85.5 Å². The second kappa shape index (κ2) is 11.6. The molecule has 0 aromatic heterocycles. The van der Waals surface area contributed by atoms with Crippen LogP contribution in [0.1, 0.15) is 134 Å². The number of nitrogens with zero attached hydrogens (tertiary/aromatic N) is 1. The SMILES string of the molecule is CCCC(C)(C)CC[C@@](C)(CCC(C)(C)[C@]1(C)CCC2C(C)(C)C(=O)C(C#N)=C[C@]2(C)/C1=C/C(C)=O)CC(=O)O. The van der Waals surface area contributed by atoms with Crippen LogP contribution >= 0.6 is 0 Å². The number of carbonyl (C=O) groups excluding carboxylic acids is 2. The minimum atomic E-state index is -0.756. The van der Waals surface area contributed by atoms with Gasteiger partial charge in [-0.1, -0.05) is 87.3 Å². The molecular weight excluding hydrogens is 498 g/mol. The summed E-state index contributed by atoms with van der Waals surface area (Å²) in [4.78, 5) is 37.9. The highest BCUT2D eigenvalue weighted by Crippen LogP contribution is 2.67. The van der Waals surface area contributed by atoms with Crippen molar-refractivity contribution in [2.24, 2.45) is 38.4 Å². The first-order valence-electron chi connectivity index (χ1n) is 15.2. The van der Waals surface area contributed by atoms with E-state index in [2.05, 4.69) is 61.5 Å². The minimum Gasteiger partial charge on any atom is -0.481 e. The molecule has 1 unspecified atom stereocenters. The molecule has 0 heterocycles. The predicted molar refractivity (Wildman–Crippen MR) is 161 cm³/mol. The molecule has 0 amide bonds. The van der Waals surface area contributed by atoms with Crippen LogP contribution in [0, 0.1) is 49.7 Å². The summed E-state index contributed by atoms with van der Waals surface area (Å²) >= 11 is 0. The maximum atomic E-state index is 13.2. The normalized spacial score (nSPS) is 29.2. The molecule has 2 aliphatic carbocycles. The molecule has 2 aliphatic rings. The van der Waals surface area contributed by atoms with Gasteiger partial charge in [0.05, 0.1) is 12.0 Å². The lowest BCUT2D eigenvalue weighted by Crippen LogP contribution is -2.55. The molecule has 4 atom stereocenters. The average Bonchev–Trinajstić information content (AvgIpc) is 2.81. The van der Waals surface area contributed by atoms with Gasteiger partial charge in [-0.15, -0.1) is 0 Å². The number of fused-ring (bicyclic) bond motifs is 1. The van der Waals surface area contributed by atoms with E-state index in [0.29, 0.717) is 0 Å². The van der Waals surface area contributed by atoms with Gasteiger partial charge in [0.25, 0.3) is 0 Å². The third-order valence-corrected chi connectivity index (χ3v) is 11.2. The van der Waals surface area contributed by atoms with Crippen LogP contribution in [0.3, 0.4) is 0 Å². The van der Waals surface area contributed by atoms with Crippen molar-refractivity contribution in [2.45, 2.75) is 134 Å². The molecule has 0 aromatic carbocycles. The molecule has 0 bridgehead atoms. The molecule has 0 spiro atoms. The van der Waals surface area contributed by atoms with E-state index in [1.54, 1.807) is 13.0 Å². The summed E-state index contributed by atoms with van der Waals surface area (Å²) in [5.74, 6) is -0.919. The van der Waals surface area contributed by atoms with E-state index < -0.39 is 16.8 Å². The topological polar surface area (TPSA) is 95.2 Å². The smallest absolute Gasteiger partial charge is 0.303 e. The van der Waals surface area contributed by atoms with Gasteiger partial charge < -0.3 is 5.11 Å². The van der Waals surface area contributed by atoms with Crippen LogP contribution in [0.25, 0.3) is 0 Å². The molecule has 0 aliphatic heterocycles. The number of hydrogen-bond donors (Lipinski definition) is 1. The van der Waals surface area contributed by atoms with Crippen LogP contribution in [0.2, 0.25) is 0 Å². The van der Waals surface area contributed by atoms with Crippen molar-refractivity contribution in [2.75, 3.05) is 0 Å². The minimum absolute atomic E-state index is 0.0165. The molecule has 0 radical (unpaired) electrons. The van der Waals surface area contributed by atoms with Crippen LogP contribution in [-0.4, -0.2) is 22.6 Å². The van der Waals surface area contributed by atoms with Gasteiger partial charge >= 0.3 is 5.97 Å². The van der Waals surface area contributed by atoms with Crippen molar-refractivity contribution < 1.29 is 19.5 Å². The Kier molecular flexibility index (Phi) is 9.83. The number of rotatable bonds is 12. The maximum Gasteiger partial charge on any atom is 0.303 e. The number of nitriles is 1. The first-order chi connectivity index (χ1) is 18.1. The predicted octanol–water partition coefficient (Wildman–Crippen LogP) is 8.88. The van der Waals surface area contributed by atoms with E-state index in [9.17, 15) is 24.8 Å². The van der Waals surface area contributed by atoms with E-state index in [0.717, 1.165) is 56.9 Å². The lowest BCUT2D eigenvalue weighted by molar-refractivity contribution is -0.140. The fourth-order valence-electron chi connectivity index (χ4n) is 8.11. The van der Waals surface area contributed by atoms with Crippen molar-refractivity contribution >= 4 is 17.5 Å². The number of carboxylic acid groups (broad SMARTS) is 1. The molecule has 40 heavy (non-hydrogen) atoms. The monoisotopic (exact) mass is 553 g/mol. The molecule has 2 rings (SSSR count). The Morgan fingerprint density at radius 1 is 1.05 bits per heavy atom. The zero-order valence-electron chi connectivity index (χ0n) is 27.2. The summed E-state index contributed by atoms with van der Waals surface area (Å²) in [6.45, 7) is 23.2. The molecule has 1 N–H and O–H groups in total. The number of carbonyl (C=O) groups is 3. The fourth-order valence-corrected chi connectivity index (χ4v) is 8.11. The van der Waals surface area contributed by atoms with E-state index in [1.807, 2.05) is 19.9 Å². The summed E-state index contributed by atoms with van der Waals surface area (Å²) in [7, 11) is 0. The standard InChI is InChI=1S/C35H55NO4/c1-12-14-30(3,4)16-18-33(9,22-28(38)39)19-17-31(5,6)35(11)15-13-26-32(7,8)29(40)25(23-36)21-34(26,10)27(35)20-24(2)37/h20-21,26H,12-19,22H2,1-11H3,(H,38,39)/b27-20-/t26?,33-,34-,35+/m0/s1. The van der Waals surface area contributed by atoms with Crippen molar-refractivity contribution in [3.05, 3.63) is 23.3 Å². The molecule has 5 nitrogen and oxygen atoms in total. The summed E-state index contributed by atoms with van der Waals surface area (Å²) in [5.41, 5.74) is -0.903. The first kappa shape index (κ1) is 34.0. The second-order valence-corrected chi connectivity index (χ2v) is 15.8. The molecule has 224 valence electrons. The zero-order valence-corrected chi connectivity index (χ0v) is 27.2. The Hall–Kier alpha value is -2.22. The quantitative estimate of drug-likeness (QED) is 0.243. The number of aliphatic carboxylic acids is 1. The van der Waals surface area contributed by atoms with Crippen molar-refractivity contribution in [1.29, 1.82) is 5.26 Å². The highest BCUT2D eigenvalue weighted by Gasteiger charge is 2.61. The summed E-state index contributed by atoms with van der Waals surface area (Å²) in [6.07, 6.45) is 11.1. The average molecular weight is 554 g/mol. The molecule has 0 aromatic rings. The molecule has 0 saturated heterocycles. The van der Waals surface area contributed by atoms with Crippen LogP contribution in [0.4, 0.5) is 0 Å². The number of ketones is 2. The zero-order chi connectivity index (χ0) is 30.9. The third-order valence-electron chi connectivity index (χ3n) is 11.2. The van der Waals surface area contributed by atoms with E-state index in [4.69, 9.17) is 0 Å². The van der Waals surface area contributed by atoms with Gasteiger partial charge in [-0.3, -0.25) is 14.4 Å². The molecular formula is C35H55NO4. The van der Waals surface area contributed by atoms with Crippen molar-refractivity contribution in [1.82, 2.24) is 0 Å². The molecule has 5 heteroatoms. The van der Waals surface area contributed by atoms with Crippen molar-refractivity contribution in [3.8, 4) is 6.07 Å². The lowest BCUT2D eigenvalue weighted by Gasteiger charge is -2.61. The Morgan fingerprint density at radius 3 is 2.12 bits per heavy atom.